The van der Waals surface area contributed by atoms with Crippen molar-refractivity contribution in [3.8, 4) is 0 Å². The van der Waals surface area contributed by atoms with E-state index in [0.29, 0.717) is 19.3 Å². The van der Waals surface area contributed by atoms with Crippen LogP contribution in [0.2, 0.25) is 0 Å². The van der Waals surface area contributed by atoms with E-state index in [-0.39, 0.29) is 36.9 Å². The van der Waals surface area contributed by atoms with E-state index in [9.17, 15) is 39.9 Å². The van der Waals surface area contributed by atoms with Crippen LogP contribution in [0.25, 0.3) is 0 Å². The number of rotatable bonds is 7. The number of fused-ring (bicyclic) bond motifs is 2. The lowest BCUT2D eigenvalue weighted by Crippen LogP contribution is -2.70. The minimum absolute atomic E-state index is 0.0420. The molecule has 5 fully saturated rings. The minimum Gasteiger partial charge on any atom is -0.459 e. The van der Waals surface area contributed by atoms with Gasteiger partial charge < -0.3 is 54.0 Å². The Morgan fingerprint density at radius 1 is 1.00 bits per heavy atom. The average Bonchev–Trinajstić information content (AvgIpc) is 3.88. The van der Waals surface area contributed by atoms with Crippen molar-refractivity contribution in [1.29, 1.82) is 0 Å². The van der Waals surface area contributed by atoms with E-state index < -0.39 is 96.5 Å². The van der Waals surface area contributed by atoms with E-state index in [2.05, 4.69) is 6.92 Å². The van der Waals surface area contributed by atoms with Gasteiger partial charge in [-0.25, -0.2) is 4.79 Å². The minimum atomic E-state index is -1.76. The van der Waals surface area contributed by atoms with E-state index in [1.807, 2.05) is 13.8 Å². The molecule has 3 saturated heterocycles. The molecule has 0 aromatic heterocycles. The summed E-state index contributed by atoms with van der Waals surface area (Å²) < 4.78 is 34.8. The third kappa shape index (κ3) is 3.92. The Hall–Kier alpha value is -2.17. The SMILES string of the molecule is CC(C)C1C(OC(=O)CCC(=O)OC2OC(CO)[C@@H](O)C(O)C2O)C23OC2C[C@H]2C4=C(CCC2(C)[C@@]32OC2[C@@H]1O)C(=O)OC4. The molecular weight excluding hydrogens is 584 g/mol. The van der Waals surface area contributed by atoms with Crippen LogP contribution in [0.3, 0.4) is 0 Å². The normalized spacial score (nSPS) is 50.0. The molecule has 4 aliphatic heterocycles. The first-order valence-electron chi connectivity index (χ1n) is 15.4. The molecule has 0 aromatic carbocycles. The Morgan fingerprint density at radius 2 is 1.70 bits per heavy atom. The van der Waals surface area contributed by atoms with Gasteiger partial charge in [-0.2, -0.15) is 0 Å². The largest absolute Gasteiger partial charge is 0.459 e. The summed E-state index contributed by atoms with van der Waals surface area (Å²) in [7, 11) is 0. The second-order valence-corrected chi connectivity index (χ2v) is 13.9. The summed E-state index contributed by atoms with van der Waals surface area (Å²) in [6.45, 7) is 5.53. The van der Waals surface area contributed by atoms with Gasteiger partial charge in [0.05, 0.1) is 31.7 Å². The smallest absolute Gasteiger partial charge is 0.334 e. The van der Waals surface area contributed by atoms with Gasteiger partial charge in [0.2, 0.25) is 6.29 Å². The summed E-state index contributed by atoms with van der Waals surface area (Å²) in [4.78, 5) is 38.2. The lowest BCUT2D eigenvalue weighted by Gasteiger charge is -2.55. The molecule has 44 heavy (non-hydrogen) atoms. The molecule has 244 valence electrons. The molecule has 2 spiro atoms. The summed E-state index contributed by atoms with van der Waals surface area (Å²) in [5.41, 5.74) is -0.700. The van der Waals surface area contributed by atoms with Crippen molar-refractivity contribution >= 4 is 17.9 Å². The molecule has 5 N–H and O–H groups in total. The van der Waals surface area contributed by atoms with Gasteiger partial charge in [-0.05, 0) is 36.7 Å². The molecule has 4 heterocycles. The molecule has 2 saturated carbocycles. The average molecular weight is 625 g/mol. The molecule has 0 amide bonds. The number of cyclic esters (lactones) is 1. The zero-order valence-corrected chi connectivity index (χ0v) is 24.8. The van der Waals surface area contributed by atoms with Crippen LogP contribution >= 0.6 is 0 Å². The third-order valence-corrected chi connectivity index (χ3v) is 11.5. The van der Waals surface area contributed by atoms with Crippen LogP contribution in [-0.2, 0) is 42.8 Å². The molecule has 0 aromatic rings. The lowest BCUT2D eigenvalue weighted by molar-refractivity contribution is -0.292. The van der Waals surface area contributed by atoms with Crippen LogP contribution in [0.1, 0.15) is 52.9 Å². The maximum Gasteiger partial charge on any atom is 0.334 e. The molecule has 0 radical (unpaired) electrons. The summed E-state index contributed by atoms with van der Waals surface area (Å²) in [6.07, 6.45) is -9.69. The number of aliphatic hydroxyl groups excluding tert-OH is 5. The highest BCUT2D eigenvalue weighted by Crippen LogP contribution is 2.79. The second kappa shape index (κ2) is 10.2. The van der Waals surface area contributed by atoms with Gasteiger partial charge in [0.25, 0.3) is 0 Å². The Balaban J connectivity index is 1.08. The van der Waals surface area contributed by atoms with Gasteiger partial charge in [0, 0.05) is 16.9 Å². The lowest BCUT2D eigenvalue weighted by atomic mass is 9.46. The Bertz CT molecular complexity index is 1280. The van der Waals surface area contributed by atoms with Gasteiger partial charge >= 0.3 is 17.9 Å². The number of carbonyl (C=O) groups is 3. The van der Waals surface area contributed by atoms with Crippen molar-refractivity contribution in [2.75, 3.05) is 13.2 Å². The maximum atomic E-state index is 13.3. The molecule has 3 aliphatic carbocycles. The molecule has 14 heteroatoms. The first kappa shape index (κ1) is 30.5. The van der Waals surface area contributed by atoms with Crippen molar-refractivity contribution in [3.05, 3.63) is 11.1 Å². The van der Waals surface area contributed by atoms with Crippen LogP contribution in [0, 0.1) is 23.2 Å². The predicted octanol–water partition coefficient (Wildman–Crippen LogP) is -1.38. The van der Waals surface area contributed by atoms with Crippen molar-refractivity contribution in [2.45, 2.75) is 119 Å². The number of esters is 3. The van der Waals surface area contributed by atoms with Crippen molar-refractivity contribution in [1.82, 2.24) is 0 Å². The molecular formula is C30H40O14. The van der Waals surface area contributed by atoms with E-state index in [1.54, 1.807) is 0 Å². The molecule has 10 unspecified atom stereocenters. The highest BCUT2D eigenvalue weighted by atomic mass is 16.7. The summed E-state index contributed by atoms with van der Waals surface area (Å²) in [5, 5.41) is 51.0. The van der Waals surface area contributed by atoms with Gasteiger partial charge in [0.1, 0.15) is 48.8 Å². The predicted molar refractivity (Wildman–Crippen MR) is 142 cm³/mol. The Morgan fingerprint density at radius 3 is 2.39 bits per heavy atom. The summed E-state index contributed by atoms with van der Waals surface area (Å²) in [6, 6.07) is 0. The number of aliphatic hydroxyl groups is 5. The van der Waals surface area contributed by atoms with Crippen LogP contribution < -0.4 is 0 Å². The number of epoxide rings is 2. The van der Waals surface area contributed by atoms with Gasteiger partial charge in [0.15, 0.2) is 5.60 Å². The summed E-state index contributed by atoms with van der Waals surface area (Å²) in [5.74, 6) is -2.56. The topological polar surface area (TPSA) is 214 Å². The number of ether oxygens (including phenoxy) is 6. The molecule has 14 atom stereocenters. The van der Waals surface area contributed by atoms with E-state index in [4.69, 9.17) is 28.4 Å². The molecule has 7 aliphatic rings. The third-order valence-electron chi connectivity index (χ3n) is 11.5. The number of hydrogen-bond acceptors (Lipinski definition) is 14. The van der Waals surface area contributed by atoms with Crippen LogP contribution in [0.15, 0.2) is 11.1 Å². The van der Waals surface area contributed by atoms with E-state index in [0.717, 1.165) is 11.1 Å². The van der Waals surface area contributed by atoms with Gasteiger partial charge in [-0.1, -0.05) is 20.8 Å². The second-order valence-electron chi connectivity index (χ2n) is 13.9. The van der Waals surface area contributed by atoms with Gasteiger partial charge in [-0.15, -0.1) is 0 Å². The molecule has 7 rings (SSSR count). The highest BCUT2D eigenvalue weighted by Gasteiger charge is 2.95. The van der Waals surface area contributed by atoms with E-state index >= 15 is 0 Å². The summed E-state index contributed by atoms with van der Waals surface area (Å²) >= 11 is 0. The van der Waals surface area contributed by atoms with Crippen LogP contribution in [-0.4, -0.2) is 123 Å². The zero-order valence-electron chi connectivity index (χ0n) is 24.8. The highest BCUT2D eigenvalue weighted by molar-refractivity contribution is 5.92. The zero-order chi connectivity index (χ0) is 31.5. The first-order chi connectivity index (χ1) is 20.8. The van der Waals surface area contributed by atoms with Crippen molar-refractivity contribution in [3.63, 3.8) is 0 Å². The van der Waals surface area contributed by atoms with E-state index in [1.165, 1.54) is 0 Å². The number of carbonyl (C=O) groups excluding carboxylic acids is 3. The van der Waals surface area contributed by atoms with Crippen LogP contribution in [0.4, 0.5) is 0 Å². The monoisotopic (exact) mass is 624 g/mol. The Labute approximate surface area is 253 Å². The maximum absolute atomic E-state index is 13.3. The molecule has 0 bridgehead atoms. The standard InChI is InChI=1S/C30H40O14/c1-11(2)19-21(35)25-30(44-25)28(3)7-6-12-13(10-39-26(12)38)14(28)8-16-29(30,43-16)24(19)41-17(32)4-5-18(33)42-27-23(37)22(36)20(34)15(9-31)40-27/h11,14-16,19-25,27,31,34-37H,4-10H2,1-3H3/t14-,15?,16?,19?,20+,21+,22?,23?,24?,25?,27?,28?,29?,30+/m0/s1. The molecule has 14 nitrogen and oxygen atoms in total. The quantitative estimate of drug-likeness (QED) is 0.125. The first-order valence-corrected chi connectivity index (χ1v) is 15.4. The fraction of sp³-hybridized carbons (Fsp3) is 0.833. The van der Waals surface area contributed by atoms with Gasteiger partial charge in [-0.3, -0.25) is 9.59 Å². The van der Waals surface area contributed by atoms with Crippen molar-refractivity contribution < 1.29 is 68.3 Å². The van der Waals surface area contributed by atoms with Crippen LogP contribution in [0.5, 0.6) is 0 Å². The van der Waals surface area contributed by atoms with Crippen molar-refractivity contribution in [2.24, 2.45) is 23.2 Å². The fourth-order valence-electron chi connectivity index (χ4n) is 9.27. The number of hydrogen-bond donors (Lipinski definition) is 5. The fourth-order valence-corrected chi connectivity index (χ4v) is 9.27. The Kier molecular flexibility index (Phi) is 7.04.